The molecule has 0 spiro atoms. The molecule has 0 heterocycles. The first kappa shape index (κ1) is 20.4. The molecule has 0 saturated heterocycles. The average molecular weight is 370 g/mol. The van der Waals surface area contributed by atoms with Gasteiger partial charge in [-0.2, -0.15) is 0 Å². The van der Waals surface area contributed by atoms with E-state index in [2.05, 4.69) is 0 Å². The molecule has 2 rings (SSSR count). The highest BCUT2D eigenvalue weighted by Gasteiger charge is 2.25. The van der Waals surface area contributed by atoms with Crippen molar-refractivity contribution in [2.75, 3.05) is 0 Å². The van der Waals surface area contributed by atoms with E-state index in [4.69, 9.17) is 4.74 Å². The zero-order valence-corrected chi connectivity index (χ0v) is 15.6. The van der Waals surface area contributed by atoms with Crippen LogP contribution in [0.15, 0.2) is 60.2 Å². The molecule has 0 bridgehead atoms. The highest BCUT2D eigenvalue weighted by molar-refractivity contribution is 5.83. The molecule has 0 fully saturated rings. The summed E-state index contributed by atoms with van der Waals surface area (Å²) in [7, 11) is 0. The summed E-state index contributed by atoms with van der Waals surface area (Å²) in [6.45, 7) is 5.16. The van der Waals surface area contributed by atoms with Gasteiger partial charge in [0.1, 0.15) is 11.9 Å². The van der Waals surface area contributed by atoms with Crippen molar-refractivity contribution in [2.24, 2.45) is 0 Å². The van der Waals surface area contributed by atoms with Crippen LogP contribution in [-0.2, 0) is 14.3 Å². The van der Waals surface area contributed by atoms with Crippen molar-refractivity contribution in [2.45, 2.75) is 39.2 Å². The molecule has 4 nitrogen and oxygen atoms in total. The molecule has 0 radical (unpaired) electrons. The van der Waals surface area contributed by atoms with E-state index in [0.29, 0.717) is 11.1 Å². The number of allylic oxidation sites excluding steroid dienone is 1. The van der Waals surface area contributed by atoms with Gasteiger partial charge in [-0.25, -0.2) is 9.18 Å². The summed E-state index contributed by atoms with van der Waals surface area (Å²) in [5.41, 5.74) is 2.26. The monoisotopic (exact) mass is 370 g/mol. The number of carbonyl (C=O) groups is 2. The second-order valence-corrected chi connectivity index (χ2v) is 6.70. The molecule has 2 aromatic rings. The average Bonchev–Trinajstić information content (AvgIpc) is 2.59. The highest BCUT2D eigenvalue weighted by atomic mass is 19.1. The van der Waals surface area contributed by atoms with Gasteiger partial charge in [-0.3, -0.25) is 4.79 Å². The number of esters is 1. The Morgan fingerprint density at radius 1 is 1.15 bits per heavy atom. The molecule has 0 aliphatic heterocycles. The summed E-state index contributed by atoms with van der Waals surface area (Å²) >= 11 is 0. The number of rotatable bonds is 7. The summed E-state index contributed by atoms with van der Waals surface area (Å²) in [6.07, 6.45) is 0.786. The molecule has 5 heteroatoms. The predicted octanol–water partition coefficient (Wildman–Crippen LogP) is 4.95. The van der Waals surface area contributed by atoms with Gasteiger partial charge in [0.25, 0.3) is 0 Å². The maximum atomic E-state index is 14.6. The number of halogens is 1. The van der Waals surface area contributed by atoms with Crippen molar-refractivity contribution in [3.8, 4) is 11.1 Å². The van der Waals surface area contributed by atoms with Gasteiger partial charge in [-0.1, -0.05) is 48.0 Å². The first-order chi connectivity index (χ1) is 12.8. The van der Waals surface area contributed by atoms with Crippen LogP contribution in [0.3, 0.4) is 0 Å². The van der Waals surface area contributed by atoms with Crippen LogP contribution in [0.1, 0.15) is 38.7 Å². The van der Waals surface area contributed by atoms with Gasteiger partial charge in [-0.15, -0.1) is 0 Å². The van der Waals surface area contributed by atoms with E-state index in [1.165, 1.54) is 12.1 Å². The quantitative estimate of drug-likeness (QED) is 0.553. The van der Waals surface area contributed by atoms with E-state index in [-0.39, 0.29) is 6.42 Å². The predicted molar refractivity (Wildman–Crippen MR) is 102 cm³/mol. The molecule has 0 saturated carbocycles. The van der Waals surface area contributed by atoms with Gasteiger partial charge in [0, 0.05) is 18.1 Å². The van der Waals surface area contributed by atoms with Gasteiger partial charge in [-0.05, 0) is 38.0 Å². The van der Waals surface area contributed by atoms with Crippen LogP contribution in [0.4, 0.5) is 4.39 Å². The van der Waals surface area contributed by atoms with Gasteiger partial charge >= 0.3 is 11.9 Å². The van der Waals surface area contributed by atoms with Crippen molar-refractivity contribution in [1.29, 1.82) is 0 Å². The van der Waals surface area contributed by atoms with Crippen LogP contribution >= 0.6 is 0 Å². The SMILES string of the molecule is CC(C)=CC(=O)OC(C)CC(C(=O)O)c1ccc(-c2ccccc2)c(F)c1. The molecule has 27 heavy (non-hydrogen) atoms. The molecule has 142 valence electrons. The molecular weight excluding hydrogens is 347 g/mol. The molecule has 0 aliphatic rings. The van der Waals surface area contributed by atoms with Gasteiger partial charge in [0.2, 0.25) is 0 Å². The van der Waals surface area contributed by atoms with E-state index in [0.717, 1.165) is 11.1 Å². The summed E-state index contributed by atoms with van der Waals surface area (Å²) in [5.74, 6) is -3.07. The van der Waals surface area contributed by atoms with Crippen molar-refractivity contribution in [3.05, 3.63) is 71.6 Å². The maximum absolute atomic E-state index is 14.6. The standard InChI is InChI=1S/C22H23FO4/c1-14(2)11-21(24)27-15(3)12-19(22(25)26)17-9-10-18(20(23)13-17)16-7-5-4-6-8-16/h4-11,13,15,19H,12H2,1-3H3,(H,25,26). The Bertz CT molecular complexity index is 839. The van der Waals surface area contributed by atoms with E-state index in [9.17, 15) is 19.1 Å². The van der Waals surface area contributed by atoms with Gasteiger partial charge in [0.15, 0.2) is 0 Å². The highest BCUT2D eigenvalue weighted by Crippen LogP contribution is 2.29. The lowest BCUT2D eigenvalue weighted by Crippen LogP contribution is -2.21. The summed E-state index contributed by atoms with van der Waals surface area (Å²) in [6, 6.07) is 13.5. The Hall–Kier alpha value is -2.95. The first-order valence-electron chi connectivity index (χ1n) is 8.71. The second kappa shape index (κ2) is 9.12. The Labute approximate surface area is 158 Å². The number of ether oxygens (including phenoxy) is 1. The minimum Gasteiger partial charge on any atom is -0.481 e. The Kier molecular flexibility index (Phi) is 6.88. The third-order valence-corrected chi connectivity index (χ3v) is 4.07. The minimum atomic E-state index is -1.09. The van der Waals surface area contributed by atoms with Crippen molar-refractivity contribution >= 4 is 11.9 Å². The van der Waals surface area contributed by atoms with E-state index in [1.807, 2.05) is 18.2 Å². The zero-order valence-electron chi connectivity index (χ0n) is 15.6. The number of carboxylic acids is 1. The molecule has 1 N–H and O–H groups in total. The lowest BCUT2D eigenvalue weighted by atomic mass is 9.91. The van der Waals surface area contributed by atoms with E-state index < -0.39 is 29.8 Å². The second-order valence-electron chi connectivity index (χ2n) is 6.70. The fraction of sp³-hybridized carbons (Fsp3) is 0.273. The van der Waals surface area contributed by atoms with Crippen LogP contribution < -0.4 is 0 Å². The van der Waals surface area contributed by atoms with Gasteiger partial charge < -0.3 is 9.84 Å². The fourth-order valence-corrected chi connectivity index (χ4v) is 2.83. The molecule has 2 aromatic carbocycles. The molecular formula is C22H23FO4. The number of hydrogen-bond donors (Lipinski definition) is 1. The molecule has 0 aromatic heterocycles. The molecule has 2 unspecified atom stereocenters. The van der Waals surface area contributed by atoms with Crippen LogP contribution in [-0.4, -0.2) is 23.1 Å². The Morgan fingerprint density at radius 2 is 1.81 bits per heavy atom. The number of benzene rings is 2. The van der Waals surface area contributed by atoms with Gasteiger partial charge in [0.05, 0.1) is 5.92 Å². The number of hydrogen-bond acceptors (Lipinski definition) is 3. The largest absolute Gasteiger partial charge is 0.481 e. The van der Waals surface area contributed by atoms with Crippen molar-refractivity contribution in [3.63, 3.8) is 0 Å². The Balaban J connectivity index is 2.19. The van der Waals surface area contributed by atoms with E-state index in [1.54, 1.807) is 45.0 Å². The van der Waals surface area contributed by atoms with Crippen LogP contribution in [0.2, 0.25) is 0 Å². The lowest BCUT2D eigenvalue weighted by molar-refractivity contribution is -0.146. The number of aliphatic carboxylic acids is 1. The fourth-order valence-electron chi connectivity index (χ4n) is 2.83. The Morgan fingerprint density at radius 3 is 2.37 bits per heavy atom. The molecule has 2 atom stereocenters. The third-order valence-electron chi connectivity index (χ3n) is 4.07. The smallest absolute Gasteiger partial charge is 0.330 e. The third kappa shape index (κ3) is 5.78. The van der Waals surface area contributed by atoms with Crippen LogP contribution in [0.5, 0.6) is 0 Å². The summed E-state index contributed by atoms with van der Waals surface area (Å²) < 4.78 is 19.8. The minimum absolute atomic E-state index is 0.0573. The molecule has 0 aliphatic carbocycles. The zero-order chi connectivity index (χ0) is 20.0. The van der Waals surface area contributed by atoms with Crippen molar-refractivity contribution < 1.29 is 23.8 Å². The van der Waals surface area contributed by atoms with Crippen LogP contribution in [0.25, 0.3) is 11.1 Å². The molecule has 0 amide bonds. The maximum Gasteiger partial charge on any atom is 0.330 e. The summed E-state index contributed by atoms with van der Waals surface area (Å²) in [4.78, 5) is 23.4. The lowest BCUT2D eigenvalue weighted by Gasteiger charge is -2.19. The number of carbonyl (C=O) groups excluding carboxylic acids is 1. The topological polar surface area (TPSA) is 63.6 Å². The van der Waals surface area contributed by atoms with Crippen molar-refractivity contribution in [1.82, 2.24) is 0 Å². The summed E-state index contributed by atoms with van der Waals surface area (Å²) in [5, 5.41) is 9.56. The normalized spacial score (nSPS) is 12.7. The van der Waals surface area contributed by atoms with E-state index >= 15 is 0 Å². The number of carboxylic acid groups (broad SMARTS) is 1. The first-order valence-corrected chi connectivity index (χ1v) is 8.71. The van der Waals surface area contributed by atoms with Crippen LogP contribution in [0, 0.1) is 5.82 Å².